The number of hydrogen-bond acceptors (Lipinski definition) is 4. The van der Waals surface area contributed by atoms with Gasteiger partial charge in [-0.25, -0.2) is 4.98 Å². The molecule has 0 unspecified atom stereocenters. The molecule has 1 aliphatic heterocycles. The largest absolute Gasteiger partial charge is 0.368 e. The summed E-state index contributed by atoms with van der Waals surface area (Å²) < 4.78 is 1.07. The molecule has 1 fully saturated rings. The minimum Gasteiger partial charge on any atom is -0.368 e. The van der Waals surface area contributed by atoms with Gasteiger partial charge in [0.05, 0.1) is 15.7 Å². The number of hydrogen-bond donors (Lipinski definition) is 0. The van der Waals surface area contributed by atoms with Crippen LogP contribution in [0.25, 0.3) is 10.2 Å². The van der Waals surface area contributed by atoms with Gasteiger partial charge < -0.3 is 9.80 Å². The third-order valence-corrected chi connectivity index (χ3v) is 5.39. The van der Waals surface area contributed by atoms with E-state index in [1.807, 2.05) is 28.6 Å². The highest BCUT2D eigenvalue weighted by Crippen LogP contribution is 2.23. The van der Waals surface area contributed by atoms with Gasteiger partial charge in [-0.2, -0.15) is 0 Å². The van der Waals surface area contributed by atoms with Gasteiger partial charge in [0.2, 0.25) is 0 Å². The van der Waals surface area contributed by atoms with Crippen LogP contribution in [0.2, 0.25) is 0 Å². The fraction of sp³-hybridized carbons (Fsp3) is 0.263. The molecule has 0 aliphatic carbocycles. The lowest BCUT2D eigenvalue weighted by Crippen LogP contribution is -2.49. The molecule has 122 valence electrons. The van der Waals surface area contributed by atoms with Gasteiger partial charge in [0.25, 0.3) is 5.91 Å². The Morgan fingerprint density at radius 3 is 2.67 bits per heavy atom. The lowest BCUT2D eigenvalue weighted by molar-refractivity contribution is 0.0747. The molecule has 2 aromatic carbocycles. The van der Waals surface area contributed by atoms with Gasteiger partial charge in [0.15, 0.2) is 0 Å². The van der Waals surface area contributed by atoms with Crippen LogP contribution >= 0.6 is 11.3 Å². The molecule has 5 heteroatoms. The van der Waals surface area contributed by atoms with E-state index in [-0.39, 0.29) is 5.91 Å². The zero-order chi connectivity index (χ0) is 16.5. The van der Waals surface area contributed by atoms with Crippen molar-refractivity contribution in [3.63, 3.8) is 0 Å². The maximum absolute atomic E-state index is 12.8. The SMILES string of the molecule is Cc1ccccc1N1CCN(C(=O)c2ccc3ncsc3c2)CC1. The summed E-state index contributed by atoms with van der Waals surface area (Å²) in [6, 6.07) is 14.2. The summed E-state index contributed by atoms with van der Waals surface area (Å²) in [6.45, 7) is 5.40. The van der Waals surface area contributed by atoms with Gasteiger partial charge in [0, 0.05) is 37.4 Å². The smallest absolute Gasteiger partial charge is 0.254 e. The second kappa shape index (κ2) is 6.24. The summed E-state index contributed by atoms with van der Waals surface area (Å²) in [6.07, 6.45) is 0. The number of carbonyl (C=O) groups excluding carboxylic acids is 1. The fourth-order valence-corrected chi connectivity index (χ4v) is 3.96. The molecule has 0 radical (unpaired) electrons. The van der Waals surface area contributed by atoms with E-state index in [0.29, 0.717) is 0 Å². The molecular weight excluding hydrogens is 318 g/mol. The number of anilines is 1. The average molecular weight is 337 g/mol. The first-order chi connectivity index (χ1) is 11.7. The zero-order valence-corrected chi connectivity index (χ0v) is 14.4. The van der Waals surface area contributed by atoms with E-state index in [9.17, 15) is 4.79 Å². The first-order valence-corrected chi connectivity index (χ1v) is 9.03. The van der Waals surface area contributed by atoms with Crippen LogP contribution in [-0.2, 0) is 0 Å². The van der Waals surface area contributed by atoms with Gasteiger partial charge in [0.1, 0.15) is 0 Å². The summed E-state index contributed by atoms with van der Waals surface area (Å²) >= 11 is 1.57. The summed E-state index contributed by atoms with van der Waals surface area (Å²) in [4.78, 5) is 21.4. The number of aryl methyl sites for hydroxylation is 1. The molecular formula is C19H19N3OS. The molecule has 0 saturated carbocycles. The normalized spacial score (nSPS) is 15.0. The van der Waals surface area contributed by atoms with Crippen molar-refractivity contribution >= 4 is 33.1 Å². The number of aromatic nitrogens is 1. The molecule has 1 aliphatic rings. The number of rotatable bonds is 2. The molecule has 1 saturated heterocycles. The highest BCUT2D eigenvalue weighted by Gasteiger charge is 2.23. The Balaban J connectivity index is 1.47. The van der Waals surface area contributed by atoms with Crippen LogP contribution in [0.3, 0.4) is 0 Å². The second-order valence-corrected chi connectivity index (χ2v) is 6.99. The van der Waals surface area contributed by atoms with Gasteiger partial charge >= 0.3 is 0 Å². The van der Waals surface area contributed by atoms with Crippen molar-refractivity contribution in [1.82, 2.24) is 9.88 Å². The lowest BCUT2D eigenvalue weighted by atomic mass is 10.1. The van der Waals surface area contributed by atoms with Crippen LogP contribution in [0.15, 0.2) is 48.0 Å². The summed E-state index contributed by atoms with van der Waals surface area (Å²) in [5.74, 6) is 0.120. The number of amides is 1. The maximum Gasteiger partial charge on any atom is 0.254 e. The molecule has 0 bridgehead atoms. The molecule has 0 spiro atoms. The molecule has 1 amide bonds. The van der Waals surface area contributed by atoms with Crippen LogP contribution in [0.1, 0.15) is 15.9 Å². The number of fused-ring (bicyclic) bond motifs is 1. The van der Waals surface area contributed by atoms with Crippen molar-refractivity contribution in [3.05, 3.63) is 59.1 Å². The summed E-state index contributed by atoms with van der Waals surface area (Å²) in [5, 5.41) is 0. The minimum absolute atomic E-state index is 0.120. The fourth-order valence-electron chi connectivity index (χ4n) is 3.24. The zero-order valence-electron chi connectivity index (χ0n) is 13.6. The quantitative estimate of drug-likeness (QED) is 0.717. The van der Waals surface area contributed by atoms with Crippen molar-refractivity contribution in [2.24, 2.45) is 0 Å². The predicted octanol–water partition coefficient (Wildman–Crippen LogP) is 3.57. The van der Waals surface area contributed by atoms with Crippen LogP contribution in [0, 0.1) is 6.92 Å². The maximum atomic E-state index is 12.8. The number of nitrogens with zero attached hydrogens (tertiary/aromatic N) is 3. The Kier molecular flexibility index (Phi) is 3.94. The third kappa shape index (κ3) is 2.76. The van der Waals surface area contributed by atoms with Crippen LogP contribution in [-0.4, -0.2) is 42.0 Å². The molecule has 2 heterocycles. The molecule has 0 N–H and O–H groups in total. The van der Waals surface area contributed by atoms with Gasteiger partial charge in [-0.3, -0.25) is 4.79 Å². The highest BCUT2D eigenvalue weighted by molar-refractivity contribution is 7.16. The Labute approximate surface area is 145 Å². The Morgan fingerprint density at radius 1 is 1.08 bits per heavy atom. The monoisotopic (exact) mass is 337 g/mol. The topological polar surface area (TPSA) is 36.4 Å². The predicted molar refractivity (Wildman–Crippen MR) is 98.9 cm³/mol. The first-order valence-electron chi connectivity index (χ1n) is 8.15. The van der Waals surface area contributed by atoms with E-state index in [4.69, 9.17) is 0 Å². The van der Waals surface area contributed by atoms with Crippen molar-refractivity contribution in [1.29, 1.82) is 0 Å². The lowest BCUT2D eigenvalue weighted by Gasteiger charge is -2.36. The molecule has 24 heavy (non-hydrogen) atoms. The minimum atomic E-state index is 0.120. The van der Waals surface area contributed by atoms with E-state index < -0.39 is 0 Å². The van der Waals surface area contributed by atoms with Gasteiger partial charge in [-0.1, -0.05) is 18.2 Å². The van der Waals surface area contributed by atoms with Crippen molar-refractivity contribution in [3.8, 4) is 0 Å². The van der Waals surface area contributed by atoms with Crippen molar-refractivity contribution < 1.29 is 4.79 Å². The average Bonchev–Trinajstić information content (AvgIpc) is 3.09. The van der Waals surface area contributed by atoms with Crippen molar-refractivity contribution in [2.75, 3.05) is 31.1 Å². The highest BCUT2D eigenvalue weighted by atomic mass is 32.1. The van der Waals surface area contributed by atoms with E-state index in [1.165, 1.54) is 11.3 Å². The van der Waals surface area contributed by atoms with E-state index in [2.05, 4.69) is 41.1 Å². The third-order valence-electron chi connectivity index (χ3n) is 4.60. The van der Waals surface area contributed by atoms with Crippen LogP contribution in [0.5, 0.6) is 0 Å². The number of carbonyl (C=O) groups is 1. The Hall–Kier alpha value is -2.40. The molecule has 3 aromatic rings. The molecule has 4 rings (SSSR count). The number of benzene rings is 2. The second-order valence-electron chi connectivity index (χ2n) is 6.10. The summed E-state index contributed by atoms with van der Waals surface area (Å²) in [5.41, 5.74) is 6.10. The number of thiazole rings is 1. The number of para-hydroxylation sites is 1. The van der Waals surface area contributed by atoms with Crippen LogP contribution in [0.4, 0.5) is 5.69 Å². The van der Waals surface area contributed by atoms with Gasteiger partial charge in [-0.15, -0.1) is 11.3 Å². The Bertz CT molecular complexity index is 881. The Morgan fingerprint density at radius 2 is 1.88 bits per heavy atom. The molecule has 4 nitrogen and oxygen atoms in total. The first kappa shape index (κ1) is 15.1. The number of piperazine rings is 1. The van der Waals surface area contributed by atoms with E-state index >= 15 is 0 Å². The van der Waals surface area contributed by atoms with Crippen LogP contribution < -0.4 is 4.90 Å². The molecule has 1 aromatic heterocycles. The summed E-state index contributed by atoms with van der Waals surface area (Å²) in [7, 11) is 0. The van der Waals surface area contributed by atoms with E-state index in [1.54, 1.807) is 11.3 Å². The standard InChI is InChI=1S/C19H19N3OS/c1-14-4-2-3-5-17(14)21-8-10-22(11-9-21)19(23)15-6-7-16-18(12-15)24-13-20-16/h2-7,12-13H,8-11H2,1H3. The van der Waals surface area contributed by atoms with Gasteiger partial charge in [-0.05, 0) is 36.8 Å². The van der Waals surface area contributed by atoms with E-state index in [0.717, 1.165) is 42.0 Å². The molecule has 0 atom stereocenters. The van der Waals surface area contributed by atoms with Crippen molar-refractivity contribution in [2.45, 2.75) is 6.92 Å².